The van der Waals surface area contributed by atoms with E-state index in [1.807, 2.05) is 73.0 Å². The second-order valence-electron chi connectivity index (χ2n) is 6.31. The first kappa shape index (κ1) is 18.1. The number of amides is 1. The Morgan fingerprint density at radius 1 is 0.929 bits per heavy atom. The predicted octanol–water partition coefficient (Wildman–Crippen LogP) is 5.16. The molecule has 1 aliphatic rings. The van der Waals surface area contributed by atoms with Crippen molar-refractivity contribution in [2.24, 2.45) is 0 Å². The number of carboxylic acids is 1. The zero-order valence-electron chi connectivity index (χ0n) is 15.1. The summed E-state index contributed by atoms with van der Waals surface area (Å²) in [5.74, 6) is -1.31. The Hall–Kier alpha value is -3.31. The van der Waals surface area contributed by atoms with Gasteiger partial charge in [0, 0.05) is 22.1 Å². The Labute approximate surface area is 167 Å². The van der Waals surface area contributed by atoms with E-state index in [1.54, 1.807) is 6.07 Å². The summed E-state index contributed by atoms with van der Waals surface area (Å²) in [6.45, 7) is 0. The zero-order chi connectivity index (χ0) is 19.7. The van der Waals surface area contributed by atoms with Crippen LogP contribution in [-0.4, -0.2) is 23.2 Å². The van der Waals surface area contributed by atoms with Crippen LogP contribution in [0.4, 0.5) is 5.69 Å². The highest BCUT2D eigenvalue weighted by Gasteiger charge is 2.35. The number of thioether (sulfide) groups is 1. The number of anilines is 1. The van der Waals surface area contributed by atoms with Crippen molar-refractivity contribution in [2.75, 3.05) is 11.2 Å². The first-order valence-electron chi connectivity index (χ1n) is 8.72. The standard InChI is InChI=1S/C23H17NO3S/c1-28-21-10-6-5-9-19(21)24-20(14-22(25)26)18-13-16(11-12-17(18)23(24)27)15-7-3-2-4-8-15/h2-14H,1H3,(H,25,26)/b20-14+. The number of hydrogen-bond acceptors (Lipinski definition) is 3. The quantitative estimate of drug-likeness (QED) is 0.496. The van der Waals surface area contributed by atoms with Crippen molar-refractivity contribution < 1.29 is 14.7 Å². The van der Waals surface area contributed by atoms with Crippen LogP contribution in [0.15, 0.2) is 83.8 Å². The van der Waals surface area contributed by atoms with Crippen molar-refractivity contribution in [3.8, 4) is 11.1 Å². The molecule has 0 fully saturated rings. The van der Waals surface area contributed by atoms with E-state index in [4.69, 9.17) is 0 Å². The first-order chi connectivity index (χ1) is 13.6. The molecule has 0 saturated carbocycles. The van der Waals surface area contributed by atoms with Crippen molar-refractivity contribution in [3.05, 3.63) is 90.0 Å². The fraction of sp³-hybridized carbons (Fsp3) is 0.0435. The molecule has 0 unspecified atom stereocenters. The average molecular weight is 387 g/mol. The number of nitrogens with zero attached hydrogens (tertiary/aromatic N) is 1. The van der Waals surface area contributed by atoms with E-state index in [2.05, 4.69) is 0 Å². The summed E-state index contributed by atoms with van der Waals surface area (Å²) in [5, 5.41) is 9.44. The van der Waals surface area contributed by atoms with Gasteiger partial charge in [-0.2, -0.15) is 0 Å². The fourth-order valence-corrected chi connectivity index (χ4v) is 4.00. The molecular weight excluding hydrogens is 370 g/mol. The van der Waals surface area contributed by atoms with E-state index in [-0.39, 0.29) is 5.91 Å². The Morgan fingerprint density at radius 3 is 2.36 bits per heavy atom. The Morgan fingerprint density at radius 2 is 1.64 bits per heavy atom. The molecule has 1 aliphatic heterocycles. The van der Waals surface area contributed by atoms with Gasteiger partial charge in [0.2, 0.25) is 0 Å². The van der Waals surface area contributed by atoms with Crippen molar-refractivity contribution in [1.29, 1.82) is 0 Å². The molecule has 4 rings (SSSR count). The molecule has 0 aliphatic carbocycles. The van der Waals surface area contributed by atoms with E-state index in [1.165, 1.54) is 16.7 Å². The molecular formula is C23H17NO3S. The molecule has 1 amide bonds. The normalized spacial score (nSPS) is 14.4. The van der Waals surface area contributed by atoms with Gasteiger partial charge in [-0.1, -0.05) is 48.5 Å². The minimum absolute atomic E-state index is 0.219. The van der Waals surface area contributed by atoms with Gasteiger partial charge in [0.25, 0.3) is 5.91 Å². The summed E-state index contributed by atoms with van der Waals surface area (Å²) < 4.78 is 0. The van der Waals surface area contributed by atoms with Crippen LogP contribution in [0.25, 0.3) is 16.8 Å². The second kappa shape index (κ2) is 7.37. The summed E-state index contributed by atoms with van der Waals surface area (Å²) in [4.78, 5) is 27.1. The van der Waals surface area contributed by atoms with Crippen LogP contribution < -0.4 is 4.90 Å². The molecule has 0 spiro atoms. The molecule has 4 nitrogen and oxygen atoms in total. The highest BCUT2D eigenvalue weighted by Crippen LogP contribution is 2.41. The van der Waals surface area contributed by atoms with E-state index in [9.17, 15) is 14.7 Å². The third-order valence-electron chi connectivity index (χ3n) is 4.66. The van der Waals surface area contributed by atoms with Crippen LogP contribution in [0.5, 0.6) is 0 Å². The highest BCUT2D eigenvalue weighted by molar-refractivity contribution is 7.98. The summed E-state index contributed by atoms with van der Waals surface area (Å²) in [6.07, 6.45) is 3.04. The number of aliphatic carboxylic acids is 1. The Bertz CT molecular complexity index is 1110. The first-order valence-corrected chi connectivity index (χ1v) is 9.94. The lowest BCUT2D eigenvalue weighted by molar-refractivity contribution is -0.131. The number of fused-ring (bicyclic) bond motifs is 1. The molecule has 3 aromatic carbocycles. The number of carbonyl (C=O) groups excluding carboxylic acids is 1. The van der Waals surface area contributed by atoms with Gasteiger partial charge in [-0.05, 0) is 41.6 Å². The summed E-state index contributed by atoms with van der Waals surface area (Å²) in [5.41, 5.74) is 4.14. The molecule has 0 radical (unpaired) electrons. The minimum Gasteiger partial charge on any atom is -0.478 e. The molecule has 28 heavy (non-hydrogen) atoms. The zero-order valence-corrected chi connectivity index (χ0v) is 15.9. The van der Waals surface area contributed by atoms with Crippen molar-refractivity contribution in [2.45, 2.75) is 4.90 Å². The Kier molecular flexibility index (Phi) is 4.75. The third kappa shape index (κ3) is 3.10. The van der Waals surface area contributed by atoms with Crippen molar-refractivity contribution in [1.82, 2.24) is 0 Å². The maximum atomic E-state index is 13.2. The lowest BCUT2D eigenvalue weighted by Gasteiger charge is -2.20. The molecule has 1 heterocycles. The fourth-order valence-electron chi connectivity index (χ4n) is 3.42. The third-order valence-corrected chi connectivity index (χ3v) is 5.45. The minimum atomic E-state index is -1.09. The number of rotatable bonds is 4. The van der Waals surface area contributed by atoms with Gasteiger partial charge in [-0.15, -0.1) is 11.8 Å². The largest absolute Gasteiger partial charge is 0.478 e. The lowest BCUT2D eigenvalue weighted by atomic mass is 9.99. The second-order valence-corrected chi connectivity index (χ2v) is 7.15. The average Bonchev–Trinajstić information content (AvgIpc) is 2.99. The number of benzene rings is 3. The number of hydrogen-bond donors (Lipinski definition) is 1. The highest BCUT2D eigenvalue weighted by atomic mass is 32.2. The summed E-state index contributed by atoms with van der Waals surface area (Å²) >= 11 is 1.52. The smallest absolute Gasteiger partial charge is 0.330 e. The van der Waals surface area contributed by atoms with Crippen LogP contribution in [0.1, 0.15) is 15.9 Å². The van der Waals surface area contributed by atoms with E-state index in [0.717, 1.165) is 22.1 Å². The van der Waals surface area contributed by atoms with Gasteiger partial charge < -0.3 is 5.11 Å². The molecule has 0 atom stereocenters. The van der Waals surface area contributed by atoms with Gasteiger partial charge in [-0.25, -0.2) is 4.79 Å². The van der Waals surface area contributed by atoms with E-state index in [0.29, 0.717) is 22.5 Å². The van der Waals surface area contributed by atoms with Crippen molar-refractivity contribution in [3.63, 3.8) is 0 Å². The predicted molar refractivity (Wildman–Crippen MR) is 113 cm³/mol. The Balaban J connectivity index is 1.90. The number of carbonyl (C=O) groups is 2. The van der Waals surface area contributed by atoms with Crippen molar-refractivity contribution >= 4 is 35.0 Å². The molecule has 0 bridgehead atoms. The van der Waals surface area contributed by atoms with Gasteiger partial charge in [0.1, 0.15) is 0 Å². The number of carboxylic acid groups (broad SMARTS) is 1. The van der Waals surface area contributed by atoms with Gasteiger partial charge in [-0.3, -0.25) is 9.69 Å². The SMILES string of the molecule is CSc1ccccc1N1C(=O)c2ccc(-c3ccccc3)cc2/C1=C\C(=O)O. The van der Waals surface area contributed by atoms with Crippen LogP contribution in [0.3, 0.4) is 0 Å². The lowest BCUT2D eigenvalue weighted by Crippen LogP contribution is -2.23. The number of para-hydroxylation sites is 1. The van der Waals surface area contributed by atoms with Gasteiger partial charge in [0.15, 0.2) is 0 Å². The van der Waals surface area contributed by atoms with Crippen LogP contribution in [0.2, 0.25) is 0 Å². The molecule has 1 N–H and O–H groups in total. The maximum Gasteiger partial charge on any atom is 0.330 e. The molecule has 0 aromatic heterocycles. The van der Waals surface area contributed by atoms with Crippen LogP contribution in [0, 0.1) is 0 Å². The van der Waals surface area contributed by atoms with Gasteiger partial charge >= 0.3 is 5.97 Å². The van der Waals surface area contributed by atoms with Gasteiger partial charge in [0.05, 0.1) is 11.4 Å². The summed E-state index contributed by atoms with van der Waals surface area (Å²) in [6, 6.07) is 22.9. The van der Waals surface area contributed by atoms with Crippen LogP contribution in [-0.2, 0) is 4.79 Å². The molecule has 138 valence electrons. The molecule has 0 saturated heterocycles. The molecule has 3 aromatic rings. The molecule has 5 heteroatoms. The van der Waals surface area contributed by atoms with E-state index < -0.39 is 5.97 Å². The maximum absolute atomic E-state index is 13.2. The van der Waals surface area contributed by atoms with E-state index >= 15 is 0 Å². The summed E-state index contributed by atoms with van der Waals surface area (Å²) in [7, 11) is 0. The monoisotopic (exact) mass is 387 g/mol. The topological polar surface area (TPSA) is 57.6 Å². The van der Waals surface area contributed by atoms with Crippen LogP contribution >= 0.6 is 11.8 Å².